The van der Waals surface area contributed by atoms with Gasteiger partial charge in [-0.25, -0.2) is 4.79 Å². The van der Waals surface area contributed by atoms with Gasteiger partial charge < -0.3 is 21.9 Å². The fraction of sp³-hybridized carbons (Fsp3) is 0.750. The summed E-state index contributed by atoms with van der Waals surface area (Å²) in [6, 6.07) is -1.09. The van der Waals surface area contributed by atoms with Gasteiger partial charge >= 0.3 is 5.97 Å². The molecule has 0 aromatic carbocycles. The average molecular weight is 271 g/mol. The molecule has 19 heavy (non-hydrogen) atoms. The standard InChI is InChI=1S/C12H21N3O4/c13-7-12(5-1-2-6-12)11(19)15-8(10(17)18)3-4-9(14)16/h8H,1-7,13H2,(H2,14,16)(H,15,19)(H,17,18). The third kappa shape index (κ3) is 3.92. The Morgan fingerprint density at radius 1 is 1.26 bits per heavy atom. The molecule has 7 nitrogen and oxygen atoms in total. The third-order valence-electron chi connectivity index (χ3n) is 3.72. The van der Waals surface area contributed by atoms with Gasteiger partial charge in [0.25, 0.3) is 0 Å². The Bertz CT molecular complexity index is 364. The number of nitrogens with two attached hydrogens (primary N) is 2. The summed E-state index contributed by atoms with van der Waals surface area (Å²) in [6.07, 6.45) is 3.12. The first kappa shape index (κ1) is 15.4. The van der Waals surface area contributed by atoms with E-state index in [1.54, 1.807) is 0 Å². The summed E-state index contributed by atoms with van der Waals surface area (Å²) in [5.41, 5.74) is 9.99. The molecule has 0 aliphatic heterocycles. The van der Waals surface area contributed by atoms with Gasteiger partial charge in [0.2, 0.25) is 11.8 Å². The molecular weight excluding hydrogens is 250 g/mol. The summed E-state index contributed by atoms with van der Waals surface area (Å²) >= 11 is 0. The molecule has 108 valence electrons. The molecule has 0 heterocycles. The molecule has 0 aromatic rings. The van der Waals surface area contributed by atoms with Gasteiger partial charge in [0, 0.05) is 13.0 Å². The van der Waals surface area contributed by atoms with E-state index in [1.165, 1.54) is 0 Å². The van der Waals surface area contributed by atoms with Gasteiger partial charge in [-0.1, -0.05) is 12.8 Å². The summed E-state index contributed by atoms with van der Waals surface area (Å²) in [7, 11) is 0. The van der Waals surface area contributed by atoms with Crippen molar-refractivity contribution in [2.75, 3.05) is 6.54 Å². The first-order chi connectivity index (χ1) is 8.91. The highest BCUT2D eigenvalue weighted by Crippen LogP contribution is 2.37. The molecule has 0 spiro atoms. The molecule has 0 aromatic heterocycles. The zero-order valence-corrected chi connectivity index (χ0v) is 10.9. The van der Waals surface area contributed by atoms with Crippen molar-refractivity contribution in [3.63, 3.8) is 0 Å². The smallest absolute Gasteiger partial charge is 0.326 e. The zero-order chi connectivity index (χ0) is 14.5. The first-order valence-corrected chi connectivity index (χ1v) is 6.43. The predicted molar refractivity (Wildman–Crippen MR) is 68.0 cm³/mol. The molecule has 0 radical (unpaired) electrons. The number of carboxylic acids is 1. The monoisotopic (exact) mass is 271 g/mol. The highest BCUT2D eigenvalue weighted by atomic mass is 16.4. The Labute approximate surface area is 111 Å². The minimum Gasteiger partial charge on any atom is -0.480 e. The maximum atomic E-state index is 12.2. The number of hydrogen-bond donors (Lipinski definition) is 4. The van der Waals surface area contributed by atoms with Gasteiger partial charge in [0.05, 0.1) is 5.41 Å². The van der Waals surface area contributed by atoms with Crippen LogP contribution in [0.3, 0.4) is 0 Å². The minimum absolute atomic E-state index is 0.00292. The maximum Gasteiger partial charge on any atom is 0.326 e. The van der Waals surface area contributed by atoms with E-state index in [1.807, 2.05) is 0 Å². The fourth-order valence-electron chi connectivity index (χ4n) is 2.43. The highest BCUT2D eigenvalue weighted by molar-refractivity contribution is 5.88. The van der Waals surface area contributed by atoms with E-state index in [0.717, 1.165) is 12.8 Å². The molecule has 1 aliphatic carbocycles. The minimum atomic E-state index is -1.17. The summed E-state index contributed by atoms with van der Waals surface area (Å²) in [5, 5.41) is 11.5. The highest BCUT2D eigenvalue weighted by Gasteiger charge is 2.41. The average Bonchev–Trinajstić information content (AvgIpc) is 2.83. The lowest BCUT2D eigenvalue weighted by atomic mass is 9.85. The van der Waals surface area contributed by atoms with Crippen LogP contribution < -0.4 is 16.8 Å². The van der Waals surface area contributed by atoms with Crippen LogP contribution in [0.25, 0.3) is 0 Å². The molecule has 1 unspecified atom stereocenters. The molecule has 6 N–H and O–H groups in total. The molecular formula is C12H21N3O4. The molecule has 1 aliphatic rings. The van der Waals surface area contributed by atoms with Crippen molar-refractivity contribution in [2.45, 2.75) is 44.6 Å². The van der Waals surface area contributed by atoms with Crippen LogP contribution in [-0.4, -0.2) is 35.5 Å². The van der Waals surface area contributed by atoms with Crippen LogP contribution in [0.15, 0.2) is 0 Å². The third-order valence-corrected chi connectivity index (χ3v) is 3.72. The zero-order valence-electron chi connectivity index (χ0n) is 10.9. The molecule has 1 saturated carbocycles. The predicted octanol–water partition coefficient (Wildman–Crippen LogP) is -0.660. The van der Waals surface area contributed by atoms with E-state index in [4.69, 9.17) is 16.6 Å². The Balaban J connectivity index is 2.65. The number of carbonyl (C=O) groups excluding carboxylic acids is 2. The van der Waals surface area contributed by atoms with Crippen molar-refractivity contribution < 1.29 is 19.5 Å². The molecule has 1 rings (SSSR count). The van der Waals surface area contributed by atoms with Crippen molar-refractivity contribution >= 4 is 17.8 Å². The quantitative estimate of drug-likeness (QED) is 0.487. The van der Waals surface area contributed by atoms with Crippen LogP contribution in [0.1, 0.15) is 38.5 Å². The SMILES string of the molecule is NCC1(C(=O)NC(CCC(N)=O)C(=O)O)CCCC1. The largest absolute Gasteiger partial charge is 0.480 e. The topological polar surface area (TPSA) is 136 Å². The number of nitrogens with one attached hydrogen (secondary N) is 1. The Morgan fingerprint density at radius 2 is 1.84 bits per heavy atom. The van der Waals surface area contributed by atoms with E-state index in [9.17, 15) is 14.4 Å². The summed E-state index contributed by atoms with van der Waals surface area (Å²) in [4.78, 5) is 33.9. The van der Waals surface area contributed by atoms with E-state index in [2.05, 4.69) is 5.32 Å². The van der Waals surface area contributed by atoms with Crippen molar-refractivity contribution in [1.82, 2.24) is 5.32 Å². The number of amides is 2. The van der Waals surface area contributed by atoms with Gasteiger partial charge in [-0.2, -0.15) is 0 Å². The van der Waals surface area contributed by atoms with Crippen LogP contribution in [0.5, 0.6) is 0 Å². The molecule has 2 amide bonds. The Morgan fingerprint density at radius 3 is 2.26 bits per heavy atom. The van der Waals surface area contributed by atoms with E-state index in [0.29, 0.717) is 12.8 Å². The maximum absolute atomic E-state index is 12.2. The van der Waals surface area contributed by atoms with Crippen LogP contribution >= 0.6 is 0 Å². The lowest BCUT2D eigenvalue weighted by Gasteiger charge is -2.27. The normalized spacial score (nSPS) is 18.8. The lowest BCUT2D eigenvalue weighted by molar-refractivity contribution is -0.144. The number of aliphatic carboxylic acids is 1. The van der Waals surface area contributed by atoms with Crippen LogP contribution in [0.2, 0.25) is 0 Å². The second-order valence-corrected chi connectivity index (χ2v) is 5.06. The van der Waals surface area contributed by atoms with Gasteiger partial charge in [0.15, 0.2) is 0 Å². The van der Waals surface area contributed by atoms with Gasteiger partial charge in [0.1, 0.15) is 6.04 Å². The van der Waals surface area contributed by atoms with Gasteiger partial charge in [-0.15, -0.1) is 0 Å². The molecule has 7 heteroatoms. The number of carbonyl (C=O) groups is 3. The molecule has 0 bridgehead atoms. The van der Waals surface area contributed by atoms with Crippen LogP contribution in [0.4, 0.5) is 0 Å². The second kappa shape index (κ2) is 6.51. The number of rotatable bonds is 7. The Kier molecular flexibility index (Phi) is 5.29. The first-order valence-electron chi connectivity index (χ1n) is 6.43. The van der Waals surface area contributed by atoms with Crippen molar-refractivity contribution in [2.24, 2.45) is 16.9 Å². The number of hydrogen-bond acceptors (Lipinski definition) is 4. The van der Waals surface area contributed by atoms with Crippen molar-refractivity contribution in [3.05, 3.63) is 0 Å². The van der Waals surface area contributed by atoms with Crippen molar-refractivity contribution in [3.8, 4) is 0 Å². The lowest BCUT2D eigenvalue weighted by Crippen LogP contribution is -2.50. The van der Waals surface area contributed by atoms with E-state index >= 15 is 0 Å². The summed E-state index contributed by atoms with van der Waals surface area (Å²) in [5.74, 6) is -2.08. The number of primary amides is 1. The Hall–Kier alpha value is -1.63. The summed E-state index contributed by atoms with van der Waals surface area (Å²) < 4.78 is 0. The molecule has 0 saturated heterocycles. The van der Waals surface area contributed by atoms with E-state index in [-0.39, 0.29) is 25.3 Å². The van der Waals surface area contributed by atoms with Crippen LogP contribution in [0, 0.1) is 5.41 Å². The van der Waals surface area contributed by atoms with Gasteiger partial charge in [-0.05, 0) is 19.3 Å². The number of carboxylic acid groups (broad SMARTS) is 1. The fourth-order valence-corrected chi connectivity index (χ4v) is 2.43. The van der Waals surface area contributed by atoms with Crippen molar-refractivity contribution in [1.29, 1.82) is 0 Å². The molecule has 1 atom stereocenters. The van der Waals surface area contributed by atoms with Gasteiger partial charge in [-0.3, -0.25) is 9.59 Å². The van der Waals surface area contributed by atoms with E-state index < -0.39 is 23.3 Å². The second-order valence-electron chi connectivity index (χ2n) is 5.06. The molecule has 1 fully saturated rings. The van der Waals surface area contributed by atoms with Crippen LogP contribution in [-0.2, 0) is 14.4 Å². The summed E-state index contributed by atoms with van der Waals surface area (Å²) in [6.45, 7) is 0.209.